The zero-order chi connectivity index (χ0) is 18.0. The molecular weight excluding hydrogens is 320 g/mol. The van der Waals surface area contributed by atoms with Crippen LogP contribution in [0.4, 0.5) is 11.4 Å². The Morgan fingerprint density at radius 3 is 2.80 bits per heavy atom. The van der Waals surface area contributed by atoms with Crippen LogP contribution in [0.1, 0.15) is 12.5 Å². The van der Waals surface area contributed by atoms with Crippen LogP contribution in [0.5, 0.6) is 11.5 Å². The molecule has 25 heavy (non-hydrogen) atoms. The highest BCUT2D eigenvalue weighted by Gasteiger charge is 2.29. The fourth-order valence-electron chi connectivity index (χ4n) is 2.82. The molecule has 2 aromatic carbocycles. The van der Waals surface area contributed by atoms with Crippen LogP contribution in [0.3, 0.4) is 0 Å². The number of fused-ring (bicyclic) bond motifs is 1. The minimum absolute atomic E-state index is 0.120. The number of anilines is 2. The van der Waals surface area contributed by atoms with E-state index < -0.39 is 6.10 Å². The number of methoxy groups -OCH3 is 1. The summed E-state index contributed by atoms with van der Waals surface area (Å²) in [5, 5.41) is 2.85. The maximum absolute atomic E-state index is 12.3. The molecule has 0 spiro atoms. The molecule has 0 radical (unpaired) electrons. The lowest BCUT2D eigenvalue weighted by Crippen LogP contribution is -2.42. The first-order valence-corrected chi connectivity index (χ1v) is 7.99. The van der Waals surface area contributed by atoms with Gasteiger partial charge in [-0.25, -0.2) is 0 Å². The fourth-order valence-corrected chi connectivity index (χ4v) is 2.82. The van der Waals surface area contributed by atoms with Crippen molar-refractivity contribution in [1.29, 1.82) is 0 Å². The fraction of sp³-hybridized carbons (Fsp3) is 0.263. The Morgan fingerprint density at radius 1 is 1.28 bits per heavy atom. The van der Waals surface area contributed by atoms with Gasteiger partial charge in [0.2, 0.25) is 5.91 Å². The zero-order valence-corrected chi connectivity index (χ0v) is 14.4. The Hall–Kier alpha value is -3.02. The molecule has 1 N–H and O–H groups in total. The second-order valence-corrected chi connectivity index (χ2v) is 5.88. The zero-order valence-electron chi connectivity index (χ0n) is 14.4. The Labute approximate surface area is 146 Å². The standard InChI is InChI=1S/C19H20N2O4/c1-12-19(23)21(2)15-11-14(8-9-17(15)25-12)20-18(22)10-13-6-4-5-7-16(13)24-3/h4-9,11-12H,10H2,1-3H3,(H,20,22). The van der Waals surface area contributed by atoms with E-state index >= 15 is 0 Å². The number of carbonyl (C=O) groups is 2. The van der Waals surface area contributed by atoms with Crippen molar-refractivity contribution >= 4 is 23.2 Å². The Bertz CT molecular complexity index is 819. The van der Waals surface area contributed by atoms with Crippen LogP contribution in [-0.4, -0.2) is 32.1 Å². The average molecular weight is 340 g/mol. The molecule has 0 bridgehead atoms. The number of para-hydroxylation sites is 1. The molecule has 1 aliphatic heterocycles. The van der Waals surface area contributed by atoms with E-state index in [0.29, 0.717) is 22.9 Å². The van der Waals surface area contributed by atoms with Crippen molar-refractivity contribution in [2.24, 2.45) is 0 Å². The third-order valence-electron chi connectivity index (χ3n) is 4.13. The van der Waals surface area contributed by atoms with E-state index in [0.717, 1.165) is 5.56 Å². The van der Waals surface area contributed by atoms with Crippen LogP contribution in [0.2, 0.25) is 0 Å². The van der Waals surface area contributed by atoms with Gasteiger partial charge in [0.25, 0.3) is 5.91 Å². The summed E-state index contributed by atoms with van der Waals surface area (Å²) in [7, 11) is 3.27. The van der Waals surface area contributed by atoms with Crippen LogP contribution in [0, 0.1) is 0 Å². The summed E-state index contributed by atoms with van der Waals surface area (Å²) in [6, 6.07) is 12.6. The van der Waals surface area contributed by atoms with Gasteiger partial charge in [-0.1, -0.05) is 18.2 Å². The third kappa shape index (κ3) is 3.42. The number of hydrogen-bond donors (Lipinski definition) is 1. The SMILES string of the molecule is COc1ccccc1CC(=O)Nc1ccc2c(c1)N(C)C(=O)C(C)O2. The molecule has 2 amide bonds. The lowest BCUT2D eigenvalue weighted by Gasteiger charge is -2.30. The average Bonchev–Trinajstić information content (AvgIpc) is 2.61. The van der Waals surface area contributed by atoms with Gasteiger partial charge in [-0.15, -0.1) is 0 Å². The molecule has 2 aromatic rings. The van der Waals surface area contributed by atoms with Gasteiger partial charge in [-0.05, 0) is 31.2 Å². The highest BCUT2D eigenvalue weighted by molar-refractivity contribution is 6.01. The maximum atomic E-state index is 12.3. The number of likely N-dealkylation sites (N-methyl/N-ethyl adjacent to an activating group) is 1. The number of amides is 2. The number of nitrogens with zero attached hydrogens (tertiary/aromatic N) is 1. The number of carbonyl (C=O) groups excluding carboxylic acids is 2. The molecule has 0 saturated heterocycles. The molecule has 0 fully saturated rings. The predicted molar refractivity (Wildman–Crippen MR) is 95.3 cm³/mol. The van der Waals surface area contributed by atoms with E-state index in [9.17, 15) is 9.59 Å². The van der Waals surface area contributed by atoms with E-state index in [2.05, 4.69) is 5.32 Å². The Kier molecular flexibility index (Phi) is 4.61. The minimum atomic E-state index is -0.511. The maximum Gasteiger partial charge on any atom is 0.267 e. The smallest absolute Gasteiger partial charge is 0.267 e. The molecule has 130 valence electrons. The number of nitrogens with one attached hydrogen (secondary N) is 1. The van der Waals surface area contributed by atoms with Crippen molar-refractivity contribution in [2.45, 2.75) is 19.4 Å². The first-order chi connectivity index (χ1) is 12.0. The summed E-state index contributed by atoms with van der Waals surface area (Å²) in [5.74, 6) is 1.02. The van der Waals surface area contributed by atoms with E-state index in [1.165, 1.54) is 0 Å². The topological polar surface area (TPSA) is 67.9 Å². The van der Waals surface area contributed by atoms with Crippen LogP contribution in [0.15, 0.2) is 42.5 Å². The minimum Gasteiger partial charge on any atom is -0.496 e. The van der Waals surface area contributed by atoms with Crippen molar-refractivity contribution in [3.05, 3.63) is 48.0 Å². The summed E-state index contributed by atoms with van der Waals surface area (Å²) in [5.41, 5.74) is 2.06. The van der Waals surface area contributed by atoms with Crippen molar-refractivity contribution in [1.82, 2.24) is 0 Å². The lowest BCUT2D eigenvalue weighted by molar-refractivity contribution is -0.125. The van der Waals surface area contributed by atoms with Crippen LogP contribution in [-0.2, 0) is 16.0 Å². The van der Waals surface area contributed by atoms with E-state index in [1.54, 1.807) is 44.2 Å². The number of ether oxygens (including phenoxy) is 2. The van der Waals surface area contributed by atoms with Gasteiger partial charge in [-0.2, -0.15) is 0 Å². The molecule has 1 aliphatic rings. The number of hydrogen-bond acceptors (Lipinski definition) is 4. The summed E-state index contributed by atoms with van der Waals surface area (Å²) < 4.78 is 10.8. The second-order valence-electron chi connectivity index (χ2n) is 5.88. The molecule has 1 heterocycles. The van der Waals surface area contributed by atoms with Crippen molar-refractivity contribution in [3.63, 3.8) is 0 Å². The van der Waals surface area contributed by atoms with Gasteiger partial charge in [0, 0.05) is 18.3 Å². The Balaban J connectivity index is 1.75. The number of rotatable bonds is 4. The summed E-state index contributed by atoms with van der Waals surface area (Å²) in [4.78, 5) is 25.9. The predicted octanol–water partition coefficient (Wildman–Crippen LogP) is 2.62. The number of benzene rings is 2. The van der Waals surface area contributed by atoms with Gasteiger partial charge in [-0.3, -0.25) is 9.59 Å². The third-order valence-corrected chi connectivity index (χ3v) is 4.13. The van der Waals surface area contributed by atoms with Gasteiger partial charge >= 0.3 is 0 Å². The van der Waals surface area contributed by atoms with E-state index in [1.807, 2.05) is 24.3 Å². The summed E-state index contributed by atoms with van der Waals surface area (Å²) in [6.07, 6.45) is -0.313. The van der Waals surface area contributed by atoms with Gasteiger partial charge in [0.05, 0.1) is 19.2 Å². The first kappa shape index (κ1) is 16.8. The molecule has 6 nitrogen and oxygen atoms in total. The van der Waals surface area contributed by atoms with E-state index in [-0.39, 0.29) is 18.2 Å². The largest absolute Gasteiger partial charge is 0.496 e. The quantitative estimate of drug-likeness (QED) is 0.929. The monoisotopic (exact) mass is 340 g/mol. The molecule has 0 aromatic heterocycles. The highest BCUT2D eigenvalue weighted by atomic mass is 16.5. The molecular formula is C19H20N2O4. The van der Waals surface area contributed by atoms with Crippen molar-refractivity contribution in [3.8, 4) is 11.5 Å². The van der Waals surface area contributed by atoms with Crippen LogP contribution < -0.4 is 19.7 Å². The van der Waals surface area contributed by atoms with Crippen molar-refractivity contribution in [2.75, 3.05) is 24.4 Å². The highest BCUT2D eigenvalue weighted by Crippen LogP contribution is 2.35. The van der Waals surface area contributed by atoms with Crippen LogP contribution in [0.25, 0.3) is 0 Å². The van der Waals surface area contributed by atoms with Crippen molar-refractivity contribution < 1.29 is 19.1 Å². The molecule has 0 aliphatic carbocycles. The molecule has 6 heteroatoms. The van der Waals surface area contributed by atoms with Crippen LogP contribution >= 0.6 is 0 Å². The van der Waals surface area contributed by atoms with Gasteiger partial charge in [0.15, 0.2) is 6.10 Å². The second kappa shape index (κ2) is 6.84. The Morgan fingerprint density at radius 2 is 2.04 bits per heavy atom. The molecule has 3 rings (SSSR count). The molecule has 0 saturated carbocycles. The molecule has 1 unspecified atom stereocenters. The molecule has 1 atom stereocenters. The van der Waals surface area contributed by atoms with E-state index in [4.69, 9.17) is 9.47 Å². The lowest BCUT2D eigenvalue weighted by atomic mass is 10.1. The van der Waals surface area contributed by atoms with Gasteiger partial charge in [0.1, 0.15) is 11.5 Å². The summed E-state index contributed by atoms with van der Waals surface area (Å²) >= 11 is 0. The van der Waals surface area contributed by atoms with Gasteiger partial charge < -0.3 is 19.7 Å². The normalized spacial score (nSPS) is 16.0. The summed E-state index contributed by atoms with van der Waals surface area (Å²) in [6.45, 7) is 1.71. The first-order valence-electron chi connectivity index (χ1n) is 7.99.